The smallest absolute Gasteiger partial charge is 0.254 e. The summed E-state index contributed by atoms with van der Waals surface area (Å²) >= 11 is 0. The summed E-state index contributed by atoms with van der Waals surface area (Å²) in [7, 11) is 3.18. The molecule has 1 N–H and O–H groups in total. The van der Waals surface area contributed by atoms with Gasteiger partial charge in [-0.05, 0) is 25.5 Å². The van der Waals surface area contributed by atoms with E-state index in [-0.39, 0.29) is 18.3 Å². The van der Waals surface area contributed by atoms with E-state index in [1.165, 1.54) is 0 Å². The van der Waals surface area contributed by atoms with E-state index in [0.717, 1.165) is 12.1 Å². The maximum absolute atomic E-state index is 12.7. The molecule has 2 rings (SSSR count). The zero-order valence-electron chi connectivity index (χ0n) is 13.9. The standard InChI is InChI=1S/C17H24N2O3.ClH/c1-5-6-13-9-14(10-15(21-3)16(13)22-4)17(20)19-8-7-18-12(2)11-19;/h5,9-10,12,18H,1,6-8,11H2,2-4H3;1H. The van der Waals surface area contributed by atoms with Crippen LogP contribution in [-0.2, 0) is 6.42 Å². The van der Waals surface area contributed by atoms with Gasteiger partial charge in [-0.2, -0.15) is 0 Å². The Morgan fingerprint density at radius 1 is 1.43 bits per heavy atom. The van der Waals surface area contributed by atoms with Gasteiger partial charge >= 0.3 is 0 Å². The molecule has 0 aromatic heterocycles. The third-order valence-electron chi connectivity index (χ3n) is 3.82. The van der Waals surface area contributed by atoms with Gasteiger partial charge in [0.25, 0.3) is 5.91 Å². The minimum absolute atomic E-state index is 0. The summed E-state index contributed by atoms with van der Waals surface area (Å²) in [6.45, 7) is 8.09. The van der Waals surface area contributed by atoms with Gasteiger partial charge in [0.2, 0.25) is 0 Å². The highest BCUT2D eigenvalue weighted by atomic mass is 35.5. The normalized spacial score (nSPS) is 17.2. The van der Waals surface area contributed by atoms with Crippen LogP contribution >= 0.6 is 12.4 Å². The van der Waals surface area contributed by atoms with Crippen molar-refractivity contribution < 1.29 is 14.3 Å². The predicted octanol–water partition coefficient (Wildman–Crippen LogP) is 2.29. The summed E-state index contributed by atoms with van der Waals surface area (Å²) in [5.41, 5.74) is 1.53. The highest BCUT2D eigenvalue weighted by molar-refractivity contribution is 5.95. The number of rotatable bonds is 5. The Balaban J connectivity index is 0.00000264. The summed E-state index contributed by atoms with van der Waals surface area (Å²) in [5.74, 6) is 1.26. The van der Waals surface area contributed by atoms with E-state index in [1.807, 2.05) is 11.0 Å². The molecule has 1 aromatic carbocycles. The van der Waals surface area contributed by atoms with E-state index >= 15 is 0 Å². The molecule has 1 saturated heterocycles. The Morgan fingerprint density at radius 3 is 2.74 bits per heavy atom. The molecule has 6 heteroatoms. The lowest BCUT2D eigenvalue weighted by Gasteiger charge is -2.32. The van der Waals surface area contributed by atoms with Crippen LogP contribution in [0.5, 0.6) is 11.5 Å². The molecule has 5 nitrogen and oxygen atoms in total. The van der Waals surface area contributed by atoms with E-state index in [1.54, 1.807) is 26.4 Å². The van der Waals surface area contributed by atoms with Crippen molar-refractivity contribution in [3.63, 3.8) is 0 Å². The van der Waals surface area contributed by atoms with Gasteiger partial charge < -0.3 is 19.7 Å². The molecule has 0 aliphatic carbocycles. The number of carbonyl (C=O) groups excluding carboxylic acids is 1. The highest BCUT2D eigenvalue weighted by Gasteiger charge is 2.23. The van der Waals surface area contributed by atoms with Crippen molar-refractivity contribution >= 4 is 18.3 Å². The van der Waals surface area contributed by atoms with Gasteiger partial charge in [0.15, 0.2) is 11.5 Å². The van der Waals surface area contributed by atoms with Crippen molar-refractivity contribution in [1.29, 1.82) is 0 Å². The molecule has 1 fully saturated rings. The number of ether oxygens (including phenoxy) is 2. The van der Waals surface area contributed by atoms with Crippen LogP contribution in [0.15, 0.2) is 24.8 Å². The Morgan fingerprint density at radius 2 is 2.17 bits per heavy atom. The van der Waals surface area contributed by atoms with E-state index < -0.39 is 0 Å². The molecule has 0 bridgehead atoms. The quantitative estimate of drug-likeness (QED) is 0.836. The number of halogens is 1. The zero-order chi connectivity index (χ0) is 16.1. The van der Waals surface area contributed by atoms with Crippen LogP contribution in [0.2, 0.25) is 0 Å². The monoisotopic (exact) mass is 340 g/mol. The summed E-state index contributed by atoms with van der Waals surface area (Å²) in [5, 5.41) is 3.34. The van der Waals surface area contributed by atoms with Gasteiger partial charge in [-0.1, -0.05) is 6.08 Å². The molecule has 1 aromatic rings. The zero-order valence-corrected chi connectivity index (χ0v) is 14.7. The first kappa shape index (κ1) is 19.3. The molecule has 0 saturated carbocycles. The maximum Gasteiger partial charge on any atom is 0.254 e. The minimum Gasteiger partial charge on any atom is -0.493 e. The molecule has 0 spiro atoms. The number of allylic oxidation sites excluding steroid dienone is 1. The molecular formula is C17H25ClN2O3. The van der Waals surface area contributed by atoms with Gasteiger partial charge in [0.05, 0.1) is 14.2 Å². The van der Waals surface area contributed by atoms with Gasteiger partial charge in [0, 0.05) is 36.8 Å². The van der Waals surface area contributed by atoms with Crippen molar-refractivity contribution in [1.82, 2.24) is 10.2 Å². The van der Waals surface area contributed by atoms with Gasteiger partial charge in [-0.15, -0.1) is 19.0 Å². The van der Waals surface area contributed by atoms with Crippen LogP contribution in [0.1, 0.15) is 22.8 Å². The number of hydrogen-bond acceptors (Lipinski definition) is 4. The fraction of sp³-hybridized carbons (Fsp3) is 0.471. The summed E-state index contributed by atoms with van der Waals surface area (Å²) in [6, 6.07) is 3.93. The largest absolute Gasteiger partial charge is 0.493 e. The van der Waals surface area contributed by atoms with E-state index in [4.69, 9.17) is 9.47 Å². The lowest BCUT2D eigenvalue weighted by atomic mass is 10.0. The van der Waals surface area contributed by atoms with Crippen molar-refractivity contribution in [2.75, 3.05) is 33.9 Å². The Labute approximate surface area is 144 Å². The third-order valence-corrected chi connectivity index (χ3v) is 3.82. The van der Waals surface area contributed by atoms with E-state index in [2.05, 4.69) is 18.8 Å². The Kier molecular flexibility index (Phi) is 7.39. The number of carbonyl (C=O) groups is 1. The second-order valence-corrected chi connectivity index (χ2v) is 5.47. The third kappa shape index (κ3) is 4.39. The van der Waals surface area contributed by atoms with Crippen molar-refractivity contribution in [3.8, 4) is 11.5 Å². The molecule has 1 aliphatic heterocycles. The van der Waals surface area contributed by atoms with Gasteiger partial charge in [-0.25, -0.2) is 0 Å². The summed E-state index contributed by atoms with van der Waals surface area (Å²) < 4.78 is 10.8. The van der Waals surface area contributed by atoms with Gasteiger partial charge in [0.1, 0.15) is 0 Å². The van der Waals surface area contributed by atoms with Crippen molar-refractivity contribution in [3.05, 3.63) is 35.9 Å². The number of amides is 1. The average Bonchev–Trinajstić information content (AvgIpc) is 2.53. The molecule has 1 unspecified atom stereocenters. The Hall–Kier alpha value is -1.72. The van der Waals surface area contributed by atoms with Crippen LogP contribution in [-0.4, -0.2) is 50.7 Å². The van der Waals surface area contributed by atoms with Crippen LogP contribution in [0.4, 0.5) is 0 Å². The first-order valence-corrected chi connectivity index (χ1v) is 7.49. The van der Waals surface area contributed by atoms with Gasteiger partial charge in [-0.3, -0.25) is 4.79 Å². The maximum atomic E-state index is 12.7. The predicted molar refractivity (Wildman–Crippen MR) is 94.1 cm³/mol. The number of benzene rings is 1. The number of piperazine rings is 1. The Bertz CT molecular complexity index is 563. The fourth-order valence-corrected chi connectivity index (χ4v) is 2.77. The highest BCUT2D eigenvalue weighted by Crippen LogP contribution is 2.33. The second-order valence-electron chi connectivity index (χ2n) is 5.47. The van der Waals surface area contributed by atoms with Crippen LogP contribution in [0.3, 0.4) is 0 Å². The number of nitrogens with one attached hydrogen (secondary N) is 1. The molecule has 0 radical (unpaired) electrons. The first-order valence-electron chi connectivity index (χ1n) is 7.49. The van der Waals surface area contributed by atoms with Crippen molar-refractivity contribution in [2.24, 2.45) is 0 Å². The van der Waals surface area contributed by atoms with Crippen LogP contribution in [0.25, 0.3) is 0 Å². The SMILES string of the molecule is C=CCc1cc(C(=O)N2CCNC(C)C2)cc(OC)c1OC.Cl. The summed E-state index contributed by atoms with van der Waals surface area (Å²) in [6.07, 6.45) is 2.41. The average molecular weight is 341 g/mol. The second kappa shape index (κ2) is 8.79. The van der Waals surface area contributed by atoms with Crippen LogP contribution in [0, 0.1) is 0 Å². The molecule has 1 aliphatic rings. The summed E-state index contributed by atoms with van der Waals surface area (Å²) in [4.78, 5) is 14.6. The molecule has 128 valence electrons. The number of nitrogens with zero attached hydrogens (tertiary/aromatic N) is 1. The van der Waals surface area contributed by atoms with E-state index in [0.29, 0.717) is 42.6 Å². The van der Waals surface area contributed by atoms with Crippen molar-refractivity contribution in [2.45, 2.75) is 19.4 Å². The van der Waals surface area contributed by atoms with Crippen LogP contribution < -0.4 is 14.8 Å². The first-order chi connectivity index (χ1) is 10.6. The molecular weight excluding hydrogens is 316 g/mol. The number of hydrogen-bond donors (Lipinski definition) is 1. The number of methoxy groups -OCH3 is 2. The van der Waals surface area contributed by atoms with E-state index in [9.17, 15) is 4.79 Å². The molecule has 23 heavy (non-hydrogen) atoms. The molecule has 1 atom stereocenters. The topological polar surface area (TPSA) is 50.8 Å². The fourth-order valence-electron chi connectivity index (χ4n) is 2.77. The minimum atomic E-state index is 0. The lowest BCUT2D eigenvalue weighted by Crippen LogP contribution is -2.51. The molecule has 1 heterocycles. The lowest BCUT2D eigenvalue weighted by molar-refractivity contribution is 0.0708. The molecule has 1 amide bonds.